The van der Waals surface area contributed by atoms with Crippen molar-refractivity contribution < 1.29 is 9.59 Å². The van der Waals surface area contributed by atoms with E-state index >= 15 is 0 Å². The second-order valence-corrected chi connectivity index (χ2v) is 5.76. The minimum absolute atomic E-state index is 0.162. The van der Waals surface area contributed by atoms with Crippen molar-refractivity contribution in [2.45, 2.75) is 13.5 Å². The van der Waals surface area contributed by atoms with Gasteiger partial charge in [0.1, 0.15) is 5.69 Å². The van der Waals surface area contributed by atoms with Gasteiger partial charge in [-0.1, -0.05) is 29.3 Å². The van der Waals surface area contributed by atoms with Crippen molar-refractivity contribution in [3.8, 4) is 0 Å². The number of anilines is 1. The smallest absolute Gasteiger partial charge is 0.273 e. The van der Waals surface area contributed by atoms with Crippen molar-refractivity contribution in [2.24, 2.45) is 0 Å². The second kappa shape index (κ2) is 7.02. The van der Waals surface area contributed by atoms with E-state index < -0.39 is 5.91 Å². The number of halogens is 2. The zero-order valence-corrected chi connectivity index (χ0v) is 14.4. The lowest BCUT2D eigenvalue weighted by Crippen LogP contribution is -2.26. The fraction of sp³-hybridized carbons (Fsp3) is 0.267. The normalized spacial score (nSPS) is 10.5. The number of amides is 2. The van der Waals surface area contributed by atoms with E-state index in [2.05, 4.69) is 10.4 Å². The molecule has 1 aromatic heterocycles. The van der Waals surface area contributed by atoms with Crippen LogP contribution in [0.1, 0.15) is 27.8 Å². The SMILES string of the molecule is CCn1ncc(NC(=O)c2cccc(Cl)c2Cl)c1C(=O)N(C)C. The van der Waals surface area contributed by atoms with Crippen molar-refractivity contribution in [2.75, 3.05) is 19.4 Å². The maximum absolute atomic E-state index is 12.4. The van der Waals surface area contributed by atoms with Gasteiger partial charge < -0.3 is 10.2 Å². The summed E-state index contributed by atoms with van der Waals surface area (Å²) in [6.45, 7) is 2.36. The fourth-order valence-corrected chi connectivity index (χ4v) is 2.41. The molecule has 2 rings (SSSR count). The molecule has 0 aliphatic rings. The Labute approximate surface area is 144 Å². The summed E-state index contributed by atoms with van der Waals surface area (Å²) in [5, 5.41) is 7.24. The number of aryl methyl sites for hydroxylation is 1. The molecular formula is C15H16Cl2N4O2. The third-order valence-electron chi connectivity index (χ3n) is 3.19. The topological polar surface area (TPSA) is 67.2 Å². The molecule has 1 aromatic carbocycles. The molecule has 2 aromatic rings. The predicted octanol–water partition coefficient (Wildman–Crippen LogP) is 3.16. The second-order valence-electron chi connectivity index (χ2n) is 4.98. The van der Waals surface area contributed by atoms with E-state index in [-0.39, 0.29) is 21.5 Å². The average Bonchev–Trinajstić information content (AvgIpc) is 2.91. The Morgan fingerprint density at radius 1 is 1.30 bits per heavy atom. The van der Waals surface area contributed by atoms with Crippen LogP contribution in [0.3, 0.4) is 0 Å². The van der Waals surface area contributed by atoms with Crippen LogP contribution in [0.4, 0.5) is 5.69 Å². The molecule has 0 radical (unpaired) electrons. The summed E-state index contributed by atoms with van der Waals surface area (Å²) < 4.78 is 1.53. The molecule has 0 saturated carbocycles. The van der Waals surface area contributed by atoms with Crippen LogP contribution in [0.5, 0.6) is 0 Å². The van der Waals surface area contributed by atoms with Gasteiger partial charge in [-0.15, -0.1) is 0 Å². The Morgan fingerprint density at radius 2 is 2.00 bits per heavy atom. The third-order valence-corrected chi connectivity index (χ3v) is 4.01. The Kier molecular flexibility index (Phi) is 5.28. The van der Waals surface area contributed by atoms with E-state index in [4.69, 9.17) is 23.2 Å². The molecular weight excluding hydrogens is 339 g/mol. The molecule has 23 heavy (non-hydrogen) atoms. The summed E-state index contributed by atoms with van der Waals surface area (Å²) in [5.74, 6) is -0.710. The summed E-state index contributed by atoms with van der Waals surface area (Å²) in [4.78, 5) is 26.1. The van der Waals surface area contributed by atoms with E-state index in [0.717, 1.165) is 0 Å². The molecule has 1 N–H and O–H groups in total. The van der Waals surface area contributed by atoms with Crippen LogP contribution in [0, 0.1) is 0 Å². The third kappa shape index (κ3) is 3.48. The van der Waals surface area contributed by atoms with Crippen molar-refractivity contribution in [1.29, 1.82) is 0 Å². The zero-order chi connectivity index (χ0) is 17.1. The van der Waals surface area contributed by atoms with Crippen LogP contribution in [0.2, 0.25) is 10.0 Å². The molecule has 8 heteroatoms. The number of nitrogens with one attached hydrogen (secondary N) is 1. The van der Waals surface area contributed by atoms with Crippen molar-refractivity contribution in [3.63, 3.8) is 0 Å². The summed E-state index contributed by atoms with van der Waals surface area (Å²) in [7, 11) is 3.27. The molecule has 2 amide bonds. The lowest BCUT2D eigenvalue weighted by Gasteiger charge is -2.14. The minimum atomic E-state index is -0.457. The van der Waals surface area contributed by atoms with Gasteiger partial charge in [0, 0.05) is 20.6 Å². The van der Waals surface area contributed by atoms with Gasteiger partial charge in [-0.25, -0.2) is 0 Å². The van der Waals surface area contributed by atoms with Crippen LogP contribution in [0.25, 0.3) is 0 Å². The van der Waals surface area contributed by atoms with Crippen molar-refractivity contribution >= 4 is 40.7 Å². The lowest BCUT2D eigenvalue weighted by molar-refractivity contribution is 0.0816. The summed E-state index contributed by atoms with van der Waals surface area (Å²) >= 11 is 12.0. The fourth-order valence-electron chi connectivity index (χ4n) is 2.02. The minimum Gasteiger partial charge on any atom is -0.343 e. The number of nitrogens with zero attached hydrogens (tertiary/aromatic N) is 3. The highest BCUT2D eigenvalue weighted by Gasteiger charge is 2.22. The first kappa shape index (κ1) is 17.3. The van der Waals surface area contributed by atoms with Gasteiger partial charge in [-0.2, -0.15) is 5.10 Å². The number of benzene rings is 1. The zero-order valence-electron chi connectivity index (χ0n) is 12.9. The molecule has 1 heterocycles. The highest BCUT2D eigenvalue weighted by Crippen LogP contribution is 2.27. The first-order chi connectivity index (χ1) is 10.9. The molecule has 0 atom stereocenters. The Balaban J connectivity index is 2.37. The monoisotopic (exact) mass is 354 g/mol. The highest BCUT2D eigenvalue weighted by molar-refractivity contribution is 6.44. The highest BCUT2D eigenvalue weighted by atomic mass is 35.5. The van der Waals surface area contributed by atoms with Gasteiger partial charge in [-0.05, 0) is 19.1 Å². The maximum atomic E-state index is 12.4. The number of hydrogen-bond acceptors (Lipinski definition) is 3. The average molecular weight is 355 g/mol. The van der Waals surface area contributed by atoms with Crippen LogP contribution >= 0.6 is 23.2 Å². The molecule has 0 spiro atoms. The Morgan fingerprint density at radius 3 is 2.61 bits per heavy atom. The van der Waals surface area contributed by atoms with E-state index in [0.29, 0.717) is 17.9 Å². The van der Waals surface area contributed by atoms with E-state index in [1.165, 1.54) is 15.8 Å². The van der Waals surface area contributed by atoms with Crippen LogP contribution in [-0.4, -0.2) is 40.6 Å². The number of carbonyl (C=O) groups excluding carboxylic acids is 2. The molecule has 0 aliphatic heterocycles. The van der Waals surface area contributed by atoms with E-state index in [1.807, 2.05) is 6.92 Å². The first-order valence-electron chi connectivity index (χ1n) is 6.89. The number of aromatic nitrogens is 2. The summed E-state index contributed by atoms with van der Waals surface area (Å²) in [6.07, 6.45) is 1.44. The molecule has 0 aliphatic carbocycles. The molecule has 0 unspecified atom stereocenters. The molecule has 122 valence electrons. The van der Waals surface area contributed by atoms with Crippen LogP contribution in [0.15, 0.2) is 24.4 Å². The van der Waals surface area contributed by atoms with Crippen molar-refractivity contribution in [3.05, 3.63) is 45.7 Å². The van der Waals surface area contributed by atoms with Gasteiger partial charge in [0.25, 0.3) is 11.8 Å². The van der Waals surface area contributed by atoms with Crippen molar-refractivity contribution in [1.82, 2.24) is 14.7 Å². The van der Waals surface area contributed by atoms with Gasteiger partial charge in [-0.3, -0.25) is 14.3 Å². The standard InChI is InChI=1S/C15H16Cl2N4O2/c1-4-21-13(15(23)20(2)3)11(8-18-21)19-14(22)9-6-5-7-10(16)12(9)17/h5-8H,4H2,1-3H3,(H,19,22). The van der Waals surface area contributed by atoms with Gasteiger partial charge in [0.15, 0.2) is 0 Å². The van der Waals surface area contributed by atoms with Crippen LogP contribution in [-0.2, 0) is 6.54 Å². The summed E-state index contributed by atoms with van der Waals surface area (Å²) in [5.41, 5.74) is 0.863. The Hall–Kier alpha value is -2.05. The summed E-state index contributed by atoms with van der Waals surface area (Å²) in [6, 6.07) is 4.78. The van der Waals surface area contributed by atoms with Gasteiger partial charge >= 0.3 is 0 Å². The maximum Gasteiger partial charge on any atom is 0.273 e. The predicted molar refractivity (Wildman–Crippen MR) is 90.3 cm³/mol. The Bertz CT molecular complexity index is 756. The quantitative estimate of drug-likeness (QED) is 0.916. The number of rotatable bonds is 4. The molecule has 6 nitrogen and oxygen atoms in total. The molecule has 0 bridgehead atoms. The lowest BCUT2D eigenvalue weighted by atomic mass is 10.2. The van der Waals surface area contributed by atoms with Gasteiger partial charge in [0.2, 0.25) is 0 Å². The largest absolute Gasteiger partial charge is 0.343 e. The molecule has 0 fully saturated rings. The first-order valence-corrected chi connectivity index (χ1v) is 7.65. The van der Waals surface area contributed by atoms with E-state index in [1.54, 1.807) is 32.3 Å². The van der Waals surface area contributed by atoms with Crippen LogP contribution < -0.4 is 5.32 Å². The van der Waals surface area contributed by atoms with Gasteiger partial charge in [0.05, 0.1) is 27.5 Å². The van der Waals surface area contributed by atoms with E-state index in [9.17, 15) is 9.59 Å². The number of hydrogen-bond donors (Lipinski definition) is 1. The molecule has 0 saturated heterocycles. The number of carbonyl (C=O) groups is 2.